The first-order chi connectivity index (χ1) is 28.4. The zero-order valence-electron chi connectivity index (χ0n) is 30.0. The number of nitrogens with zero attached hydrogens (tertiary/aromatic N) is 1. The van der Waals surface area contributed by atoms with E-state index in [2.05, 4.69) is 19.1 Å². The molecule has 1 aliphatic rings. The summed E-state index contributed by atoms with van der Waals surface area (Å²) < 4.78 is 239. The lowest BCUT2D eigenvalue weighted by molar-refractivity contribution is 0.330. The summed E-state index contributed by atoms with van der Waals surface area (Å²) in [6, 6.07) is 25.2. The summed E-state index contributed by atoms with van der Waals surface area (Å²) >= 11 is 0. The Labute approximate surface area is 328 Å². The van der Waals surface area contributed by atoms with Crippen LogP contribution in [-0.2, 0) is 9.47 Å². The van der Waals surface area contributed by atoms with Crippen molar-refractivity contribution in [3.63, 3.8) is 0 Å². The van der Waals surface area contributed by atoms with Gasteiger partial charge in [0.25, 0.3) is 0 Å². The van der Waals surface area contributed by atoms with Crippen LogP contribution in [0.4, 0.5) is 77.2 Å². The molecule has 3 nitrogen and oxygen atoms in total. The molecule has 0 unspecified atom stereocenters. The fourth-order valence-corrected chi connectivity index (χ4v) is 6.57. The van der Waals surface area contributed by atoms with E-state index < -0.39 is 128 Å². The normalized spacial score (nSPS) is 13.2. The lowest BCUT2D eigenvalue weighted by atomic mass is 9.15. The lowest BCUT2D eigenvalue weighted by Crippen LogP contribution is -2.72. The van der Waals surface area contributed by atoms with Crippen LogP contribution in [-0.4, -0.2) is 18.8 Å². The zero-order valence-corrected chi connectivity index (χ0v) is 30.0. The van der Waals surface area contributed by atoms with Gasteiger partial charge in [0.1, 0.15) is 46.8 Å². The number of para-hydroxylation sites is 2. The summed E-state index contributed by atoms with van der Waals surface area (Å²) in [5.74, 6) is -48.0. The van der Waals surface area contributed by atoms with E-state index in [1.807, 2.05) is 18.2 Å². The van der Waals surface area contributed by atoms with Crippen LogP contribution in [0.15, 0.2) is 103 Å². The number of hydrogen-bond acceptors (Lipinski definition) is 2. The van der Waals surface area contributed by atoms with Gasteiger partial charge in [0, 0.05) is 24.3 Å². The van der Waals surface area contributed by atoms with Crippen LogP contribution in [0.25, 0.3) is 0 Å². The second-order valence-electron chi connectivity index (χ2n) is 12.8. The Morgan fingerprint density at radius 2 is 0.700 bits per heavy atom. The van der Waals surface area contributed by atoms with Crippen LogP contribution < -0.4 is 21.0 Å². The molecule has 0 N–H and O–H groups in total. The van der Waals surface area contributed by atoms with Crippen LogP contribution in [0.2, 0.25) is 0 Å². The minimum Gasteiger partial charge on any atom is -0.406 e. The number of benzene rings is 6. The Balaban J connectivity index is 0.000000782. The first-order valence-electron chi connectivity index (χ1n) is 17.0. The molecule has 310 valence electrons. The zero-order chi connectivity index (χ0) is 43.8. The van der Waals surface area contributed by atoms with Crippen molar-refractivity contribution in [3.8, 4) is 0 Å². The van der Waals surface area contributed by atoms with E-state index in [1.54, 1.807) is 12.1 Å². The Hall–Kier alpha value is -6.66. The molecule has 6 aromatic rings. The summed E-state index contributed by atoms with van der Waals surface area (Å²) in [6.07, 6.45) is -6.70. The monoisotopic (exact) mass is 855 g/mol. The van der Waals surface area contributed by atoms with Gasteiger partial charge < -0.3 is 9.47 Å². The highest BCUT2D eigenvalue weighted by Gasteiger charge is 2.48. The summed E-state index contributed by atoms with van der Waals surface area (Å²) in [4.78, 5) is 0. The molecule has 0 atom stereocenters. The molecule has 0 amide bonds. The highest BCUT2D eigenvalue weighted by molar-refractivity contribution is 7.15. The van der Waals surface area contributed by atoms with Gasteiger partial charge in [-0.3, -0.25) is 0 Å². The first-order valence-corrected chi connectivity index (χ1v) is 17.0. The molecule has 0 spiro atoms. The molecular weight excluding hydrogens is 834 g/mol. The molecule has 60 heavy (non-hydrogen) atoms. The van der Waals surface area contributed by atoms with Gasteiger partial charge in [-0.05, 0) is 6.92 Å². The molecule has 0 radical (unpaired) electrons. The number of aryl methyl sites for hydroxylation is 1. The van der Waals surface area contributed by atoms with Gasteiger partial charge >= 0.3 is 6.08 Å². The van der Waals surface area contributed by atoms with E-state index in [0.717, 1.165) is 4.58 Å². The third kappa shape index (κ3) is 7.32. The summed E-state index contributed by atoms with van der Waals surface area (Å²) in [6.45, 7) is 0.898. The van der Waals surface area contributed by atoms with Crippen molar-refractivity contribution in [3.05, 3.63) is 196 Å². The molecular formula is C41H21BF15NO2. The quantitative estimate of drug-likeness (QED) is 0.0548. The molecule has 0 bridgehead atoms. The van der Waals surface area contributed by atoms with Crippen LogP contribution >= 0.6 is 0 Å². The van der Waals surface area contributed by atoms with Gasteiger partial charge in [0.2, 0.25) is 11.4 Å². The SMILES string of the molecule is Cc1ccccc1.Fc1c(F)c(F)c([B-](/C=C2\COC(=[N+](c3ccccc3)c3ccccc3)O2)(c2c(F)c(F)c(F)c(F)c2F)c2c(F)c(F)c(F)c(F)c2F)c(F)c1F. The molecule has 1 fully saturated rings. The van der Waals surface area contributed by atoms with E-state index in [9.17, 15) is 39.5 Å². The predicted molar refractivity (Wildman–Crippen MR) is 189 cm³/mol. The number of rotatable bonds is 6. The molecule has 1 aliphatic heterocycles. The van der Waals surface area contributed by atoms with Gasteiger partial charge in [0.15, 0.2) is 59.0 Å². The maximum absolute atomic E-state index is 15.8. The Bertz CT molecular complexity index is 2400. The molecule has 6 aromatic carbocycles. The average molecular weight is 855 g/mol. The van der Waals surface area contributed by atoms with E-state index >= 15 is 26.3 Å². The minimum absolute atomic E-state index is 0.200. The van der Waals surface area contributed by atoms with Crippen molar-refractivity contribution < 1.29 is 75.3 Å². The van der Waals surface area contributed by atoms with E-state index in [1.165, 1.54) is 54.1 Å². The second-order valence-corrected chi connectivity index (χ2v) is 12.8. The van der Waals surface area contributed by atoms with Crippen LogP contribution in [0.1, 0.15) is 5.56 Å². The Morgan fingerprint density at radius 3 is 0.983 bits per heavy atom. The molecule has 7 rings (SSSR count). The first kappa shape index (κ1) is 42.9. The number of hydrogen-bond donors (Lipinski definition) is 0. The third-order valence-electron chi connectivity index (χ3n) is 9.24. The largest absolute Gasteiger partial charge is 0.567 e. The van der Waals surface area contributed by atoms with E-state index in [-0.39, 0.29) is 17.4 Å². The molecule has 0 aromatic heterocycles. The van der Waals surface area contributed by atoms with Gasteiger partial charge in [-0.2, -0.15) is 5.98 Å². The number of halogens is 15. The van der Waals surface area contributed by atoms with E-state index in [0.29, 0.717) is 0 Å². The molecule has 19 heteroatoms. The Kier molecular flexibility index (Phi) is 12.1. The average Bonchev–Trinajstić information content (AvgIpc) is 3.70. The van der Waals surface area contributed by atoms with Crippen molar-refractivity contribution in [2.45, 2.75) is 6.92 Å². The smallest absolute Gasteiger partial charge is 0.406 e. The topological polar surface area (TPSA) is 21.5 Å². The van der Waals surface area contributed by atoms with Gasteiger partial charge in [0.05, 0.1) is 0 Å². The third-order valence-corrected chi connectivity index (χ3v) is 9.24. The molecule has 0 saturated carbocycles. The molecule has 1 saturated heterocycles. The second kappa shape index (κ2) is 16.9. The highest BCUT2D eigenvalue weighted by Crippen LogP contribution is 2.31. The van der Waals surface area contributed by atoms with Crippen LogP contribution in [0.5, 0.6) is 0 Å². The summed E-state index contributed by atoms with van der Waals surface area (Å²) in [5.41, 5.74) is -6.65. The summed E-state index contributed by atoms with van der Waals surface area (Å²) in [5, 5.41) is 0. The standard InChI is InChI=1S/C34H13BF15NO2.C7H8/c36-19-16(20(37)26(43)31(48)25(19)42)35(17-21(38)27(44)32(49)28(45)22(17)39,18-23(40)29(46)33(50)30(47)24(18)41)11-15-12-52-34(53-15)51(13-7-3-1-4-8-13)14-9-5-2-6-10-14;1-7-5-3-2-4-6-7/h1-11H,12H2;2-6H,1H3/b15-11+;. The van der Waals surface area contributed by atoms with Crippen molar-refractivity contribution >= 4 is 40.0 Å². The fraction of sp³-hybridized carbons (Fsp3) is 0.0488. The van der Waals surface area contributed by atoms with Crippen LogP contribution in [0, 0.1) is 94.2 Å². The van der Waals surface area contributed by atoms with Crippen LogP contribution in [0.3, 0.4) is 0 Å². The fourth-order valence-electron chi connectivity index (χ4n) is 6.57. The Morgan fingerprint density at radius 1 is 0.417 bits per heavy atom. The molecule has 1 heterocycles. The molecule has 0 aliphatic carbocycles. The summed E-state index contributed by atoms with van der Waals surface area (Å²) in [7, 11) is 0. The van der Waals surface area contributed by atoms with Crippen molar-refractivity contribution in [2.24, 2.45) is 0 Å². The number of ether oxygens (including phenoxy) is 2. The lowest BCUT2D eigenvalue weighted by Gasteiger charge is -2.41. The van der Waals surface area contributed by atoms with Crippen molar-refractivity contribution in [2.75, 3.05) is 6.61 Å². The van der Waals surface area contributed by atoms with Gasteiger partial charge in [-0.25, -0.2) is 65.9 Å². The maximum Gasteiger partial charge on any atom is 0.567 e. The van der Waals surface area contributed by atoms with Gasteiger partial charge in [-0.1, -0.05) is 76.9 Å². The maximum atomic E-state index is 15.8. The highest BCUT2D eigenvalue weighted by atomic mass is 19.2. The predicted octanol–water partition coefficient (Wildman–Crippen LogP) is 9.60. The van der Waals surface area contributed by atoms with Gasteiger partial charge in [-0.15, -0.1) is 16.4 Å². The van der Waals surface area contributed by atoms with E-state index in [4.69, 9.17) is 9.47 Å². The van der Waals surface area contributed by atoms with Crippen molar-refractivity contribution in [1.29, 1.82) is 0 Å². The minimum atomic E-state index is -5.99. The van der Waals surface area contributed by atoms with Crippen molar-refractivity contribution in [1.82, 2.24) is 4.58 Å².